The number of carbonyl (C=O) groups excluding carboxylic acids is 1. The van der Waals surface area contributed by atoms with Crippen LogP contribution in [0.4, 0.5) is 0 Å². The van der Waals surface area contributed by atoms with E-state index in [0.29, 0.717) is 6.42 Å². The lowest BCUT2D eigenvalue weighted by Crippen LogP contribution is -2.26. The number of nitrogens with one attached hydrogen (secondary N) is 2. The fourth-order valence-corrected chi connectivity index (χ4v) is 3.42. The Morgan fingerprint density at radius 2 is 2.27 bits per heavy atom. The zero-order chi connectivity index (χ0) is 18.4. The van der Waals surface area contributed by atoms with Gasteiger partial charge in [-0.05, 0) is 53.7 Å². The molecular formula is C20H23N3O3. The third kappa shape index (κ3) is 4.35. The van der Waals surface area contributed by atoms with Crippen molar-refractivity contribution in [3.63, 3.8) is 0 Å². The van der Waals surface area contributed by atoms with Gasteiger partial charge in [0.05, 0.1) is 0 Å². The number of aromatic nitrogens is 1. The Bertz CT molecular complexity index is 777. The minimum Gasteiger partial charge on any atom is -0.396 e. The number of pyridine rings is 1. The van der Waals surface area contributed by atoms with Gasteiger partial charge in [-0.2, -0.15) is 0 Å². The third-order valence-corrected chi connectivity index (χ3v) is 4.69. The zero-order valence-electron chi connectivity index (χ0n) is 14.4. The van der Waals surface area contributed by atoms with Crippen LogP contribution in [0.15, 0.2) is 48.8 Å². The van der Waals surface area contributed by atoms with Crippen LogP contribution in [0, 0.1) is 0 Å². The van der Waals surface area contributed by atoms with Crippen molar-refractivity contribution in [2.24, 2.45) is 0 Å². The third-order valence-electron chi connectivity index (χ3n) is 4.69. The van der Waals surface area contributed by atoms with Gasteiger partial charge in [0.25, 0.3) is 5.91 Å². The number of benzene rings is 1. The van der Waals surface area contributed by atoms with Gasteiger partial charge in [-0.15, -0.1) is 0 Å². The molecule has 0 aliphatic heterocycles. The number of nitrogens with zero attached hydrogens (tertiary/aromatic N) is 1. The molecule has 2 atom stereocenters. The van der Waals surface area contributed by atoms with Gasteiger partial charge in [-0.25, -0.2) is 5.48 Å². The summed E-state index contributed by atoms with van der Waals surface area (Å²) in [7, 11) is 0. The van der Waals surface area contributed by atoms with Gasteiger partial charge >= 0.3 is 0 Å². The van der Waals surface area contributed by atoms with Crippen LogP contribution < -0.4 is 10.8 Å². The standard InChI is InChI=1S/C20H23N3O3/c24-11-9-18(16-2-1-10-21-13-16)22-19-7-5-15-12-14(3-6-17(15)19)4-8-20(25)23-26/h1-4,6,8,10,12-13,18-19,22,24,26H,5,7,9,11H2,(H,23,25)/b8-4+. The van der Waals surface area contributed by atoms with Crippen molar-refractivity contribution in [1.29, 1.82) is 0 Å². The Hall–Kier alpha value is -2.54. The Balaban J connectivity index is 1.74. The van der Waals surface area contributed by atoms with E-state index in [4.69, 9.17) is 5.21 Å². The Morgan fingerprint density at radius 1 is 1.38 bits per heavy atom. The maximum Gasteiger partial charge on any atom is 0.267 e. The van der Waals surface area contributed by atoms with Crippen molar-refractivity contribution in [3.05, 3.63) is 71.1 Å². The molecule has 6 heteroatoms. The number of fused-ring (bicyclic) bond motifs is 1. The van der Waals surface area contributed by atoms with E-state index < -0.39 is 5.91 Å². The quantitative estimate of drug-likeness (QED) is 0.348. The fourth-order valence-electron chi connectivity index (χ4n) is 3.42. The molecule has 2 unspecified atom stereocenters. The monoisotopic (exact) mass is 353 g/mol. The molecule has 1 amide bonds. The minimum absolute atomic E-state index is 0.0532. The summed E-state index contributed by atoms with van der Waals surface area (Å²) in [5.41, 5.74) is 6.08. The molecule has 1 aliphatic carbocycles. The first kappa shape index (κ1) is 18.3. The molecule has 0 spiro atoms. The molecule has 3 rings (SSSR count). The summed E-state index contributed by atoms with van der Waals surface area (Å²) < 4.78 is 0. The molecule has 4 N–H and O–H groups in total. The highest BCUT2D eigenvalue weighted by Gasteiger charge is 2.25. The second kappa shape index (κ2) is 8.71. The summed E-state index contributed by atoms with van der Waals surface area (Å²) in [5, 5.41) is 21.6. The summed E-state index contributed by atoms with van der Waals surface area (Å²) >= 11 is 0. The molecular weight excluding hydrogens is 330 g/mol. The molecule has 0 saturated heterocycles. The van der Waals surface area contributed by atoms with E-state index in [1.807, 2.05) is 24.4 Å². The lowest BCUT2D eigenvalue weighted by atomic mass is 10.0. The number of aryl methyl sites for hydroxylation is 1. The highest BCUT2D eigenvalue weighted by atomic mass is 16.5. The number of hydrogen-bond donors (Lipinski definition) is 4. The van der Waals surface area contributed by atoms with Crippen molar-refractivity contribution in [1.82, 2.24) is 15.8 Å². The first-order chi connectivity index (χ1) is 12.7. The molecule has 0 fully saturated rings. The molecule has 1 aliphatic rings. The van der Waals surface area contributed by atoms with E-state index >= 15 is 0 Å². The first-order valence-electron chi connectivity index (χ1n) is 8.73. The van der Waals surface area contributed by atoms with Crippen LogP contribution in [-0.2, 0) is 11.2 Å². The van der Waals surface area contributed by atoms with E-state index in [1.165, 1.54) is 17.2 Å². The van der Waals surface area contributed by atoms with Crippen molar-refractivity contribution in [2.45, 2.75) is 31.3 Å². The Labute approximate surface area is 152 Å². The van der Waals surface area contributed by atoms with E-state index in [9.17, 15) is 9.90 Å². The van der Waals surface area contributed by atoms with E-state index in [0.717, 1.165) is 24.0 Å². The highest BCUT2D eigenvalue weighted by Crippen LogP contribution is 2.34. The molecule has 0 bridgehead atoms. The van der Waals surface area contributed by atoms with Gasteiger partial charge in [-0.1, -0.05) is 24.3 Å². The first-order valence-corrected chi connectivity index (χ1v) is 8.73. The number of aliphatic hydroxyl groups is 1. The molecule has 0 radical (unpaired) electrons. The minimum atomic E-state index is -0.548. The van der Waals surface area contributed by atoms with Crippen molar-refractivity contribution in [3.8, 4) is 0 Å². The van der Waals surface area contributed by atoms with E-state index in [2.05, 4.69) is 22.4 Å². The van der Waals surface area contributed by atoms with Crippen LogP contribution >= 0.6 is 0 Å². The van der Waals surface area contributed by atoms with Gasteiger partial charge in [-0.3, -0.25) is 15.0 Å². The number of carbonyl (C=O) groups is 1. The van der Waals surface area contributed by atoms with E-state index in [1.54, 1.807) is 17.8 Å². The molecule has 1 aromatic heterocycles. The molecule has 6 nitrogen and oxygen atoms in total. The maximum atomic E-state index is 11.1. The predicted octanol–water partition coefficient (Wildman–Crippen LogP) is 2.30. The second-order valence-corrected chi connectivity index (χ2v) is 6.38. The van der Waals surface area contributed by atoms with Gasteiger partial charge in [0, 0.05) is 37.2 Å². The fraction of sp³-hybridized carbons (Fsp3) is 0.300. The maximum absolute atomic E-state index is 11.1. The molecule has 0 saturated carbocycles. The van der Waals surface area contributed by atoms with Crippen LogP contribution in [0.1, 0.15) is 47.2 Å². The number of rotatable bonds is 7. The van der Waals surface area contributed by atoms with Crippen LogP contribution in [0.25, 0.3) is 6.08 Å². The normalized spacial score (nSPS) is 17.2. The van der Waals surface area contributed by atoms with Gasteiger partial charge in [0.1, 0.15) is 0 Å². The molecule has 1 heterocycles. The summed E-state index contributed by atoms with van der Waals surface area (Å²) in [6.45, 7) is 0.114. The molecule has 1 aromatic carbocycles. The summed E-state index contributed by atoms with van der Waals surface area (Å²) in [6, 6.07) is 10.3. The van der Waals surface area contributed by atoms with Crippen molar-refractivity contribution < 1.29 is 15.1 Å². The van der Waals surface area contributed by atoms with Gasteiger partial charge < -0.3 is 10.4 Å². The van der Waals surface area contributed by atoms with Crippen LogP contribution in [0.5, 0.6) is 0 Å². The summed E-state index contributed by atoms with van der Waals surface area (Å²) in [4.78, 5) is 15.3. The average molecular weight is 353 g/mol. The number of hydrogen-bond acceptors (Lipinski definition) is 5. The molecule has 26 heavy (non-hydrogen) atoms. The van der Waals surface area contributed by atoms with Crippen LogP contribution in [0.2, 0.25) is 0 Å². The number of hydroxylamine groups is 1. The predicted molar refractivity (Wildman–Crippen MR) is 98.3 cm³/mol. The van der Waals surface area contributed by atoms with Gasteiger partial charge in [0.15, 0.2) is 0 Å². The van der Waals surface area contributed by atoms with Gasteiger partial charge in [0.2, 0.25) is 0 Å². The average Bonchev–Trinajstić information content (AvgIpc) is 3.08. The summed E-state index contributed by atoms with van der Waals surface area (Å²) in [5.74, 6) is -0.548. The van der Waals surface area contributed by atoms with Crippen LogP contribution in [-0.4, -0.2) is 27.8 Å². The van der Waals surface area contributed by atoms with Crippen molar-refractivity contribution >= 4 is 12.0 Å². The smallest absolute Gasteiger partial charge is 0.267 e. The lowest BCUT2D eigenvalue weighted by molar-refractivity contribution is -0.124. The molecule has 136 valence electrons. The Kier molecular flexibility index (Phi) is 6.12. The summed E-state index contributed by atoms with van der Waals surface area (Å²) in [6.07, 6.45) is 9.14. The number of amides is 1. The topological polar surface area (TPSA) is 94.5 Å². The number of aliphatic hydroxyl groups excluding tert-OH is 1. The SMILES string of the molecule is O=C(/C=C/c1ccc2c(c1)CCC2NC(CCO)c1cccnc1)NO. The largest absolute Gasteiger partial charge is 0.396 e. The van der Waals surface area contributed by atoms with Crippen molar-refractivity contribution in [2.75, 3.05) is 6.61 Å². The second-order valence-electron chi connectivity index (χ2n) is 6.38. The molecule has 2 aromatic rings. The highest BCUT2D eigenvalue weighted by molar-refractivity contribution is 5.90. The lowest BCUT2D eigenvalue weighted by Gasteiger charge is -2.23. The van der Waals surface area contributed by atoms with E-state index in [-0.39, 0.29) is 18.7 Å². The zero-order valence-corrected chi connectivity index (χ0v) is 14.4. The Morgan fingerprint density at radius 3 is 3.00 bits per heavy atom. The van der Waals surface area contributed by atoms with Crippen LogP contribution in [0.3, 0.4) is 0 Å².